The minimum atomic E-state index is -0.972. The summed E-state index contributed by atoms with van der Waals surface area (Å²) < 4.78 is 12.4. The van der Waals surface area contributed by atoms with Crippen molar-refractivity contribution in [3.63, 3.8) is 0 Å². The SMILES string of the molecule is O=C(O)C(Cc1ccccc1)Oc1ccc(-c2ccc(C3=C(Cc4ccccc4)O[C@H]4CCCCC34)cc2)cc1. The minimum absolute atomic E-state index is 0.297. The first kappa shape index (κ1) is 25.9. The lowest BCUT2D eigenvalue weighted by Crippen LogP contribution is -2.29. The van der Waals surface area contributed by atoms with Crippen LogP contribution in [0.15, 0.2) is 115 Å². The average Bonchev–Trinajstić information content (AvgIpc) is 3.36. The van der Waals surface area contributed by atoms with Crippen LogP contribution in [0.2, 0.25) is 0 Å². The van der Waals surface area contributed by atoms with E-state index in [1.54, 1.807) is 0 Å². The summed E-state index contributed by atoms with van der Waals surface area (Å²) in [6, 6.07) is 36.6. The average molecular weight is 531 g/mol. The zero-order chi connectivity index (χ0) is 27.3. The van der Waals surface area contributed by atoms with Crippen LogP contribution in [0, 0.1) is 5.92 Å². The molecular weight excluding hydrogens is 496 g/mol. The molecular formula is C36H34O4. The van der Waals surface area contributed by atoms with E-state index in [-0.39, 0.29) is 0 Å². The predicted octanol–water partition coefficient (Wildman–Crippen LogP) is 7.97. The van der Waals surface area contributed by atoms with E-state index in [9.17, 15) is 9.90 Å². The van der Waals surface area contributed by atoms with E-state index >= 15 is 0 Å². The summed E-state index contributed by atoms with van der Waals surface area (Å²) in [6.07, 6.45) is 5.31. The van der Waals surface area contributed by atoms with Crippen molar-refractivity contribution < 1.29 is 19.4 Å². The molecule has 1 fully saturated rings. The molecule has 4 aromatic carbocycles. The Labute approximate surface area is 235 Å². The molecule has 1 heterocycles. The third-order valence-electron chi connectivity index (χ3n) is 8.08. The van der Waals surface area contributed by atoms with Crippen molar-refractivity contribution in [3.05, 3.63) is 132 Å². The summed E-state index contributed by atoms with van der Waals surface area (Å²) >= 11 is 0. The number of rotatable bonds is 9. The van der Waals surface area contributed by atoms with Gasteiger partial charge in [0.15, 0.2) is 6.10 Å². The van der Waals surface area contributed by atoms with Gasteiger partial charge in [0.25, 0.3) is 0 Å². The van der Waals surface area contributed by atoms with Crippen LogP contribution in [-0.4, -0.2) is 23.3 Å². The lowest BCUT2D eigenvalue weighted by atomic mass is 9.79. The molecule has 0 bridgehead atoms. The van der Waals surface area contributed by atoms with E-state index in [1.807, 2.05) is 54.6 Å². The number of fused-ring (bicyclic) bond motifs is 1. The van der Waals surface area contributed by atoms with Crippen molar-refractivity contribution in [2.24, 2.45) is 5.92 Å². The molecule has 1 N–H and O–H groups in total. The van der Waals surface area contributed by atoms with Gasteiger partial charge < -0.3 is 14.6 Å². The molecule has 1 aliphatic carbocycles. The molecule has 4 aromatic rings. The van der Waals surface area contributed by atoms with Gasteiger partial charge in [0.2, 0.25) is 0 Å². The Hall–Kier alpha value is -4.31. The highest BCUT2D eigenvalue weighted by Gasteiger charge is 2.38. The van der Waals surface area contributed by atoms with E-state index in [0.29, 0.717) is 24.2 Å². The maximum absolute atomic E-state index is 11.8. The summed E-state index contributed by atoms with van der Waals surface area (Å²) in [6.45, 7) is 0. The summed E-state index contributed by atoms with van der Waals surface area (Å²) in [5.74, 6) is 1.17. The molecule has 4 nitrogen and oxygen atoms in total. The third-order valence-corrected chi connectivity index (χ3v) is 8.08. The number of carbonyl (C=O) groups is 1. The van der Waals surface area contributed by atoms with Gasteiger partial charge in [-0.25, -0.2) is 4.79 Å². The number of aliphatic carboxylic acids is 1. The molecule has 0 amide bonds. The smallest absolute Gasteiger partial charge is 0.345 e. The van der Waals surface area contributed by atoms with Crippen LogP contribution in [0.5, 0.6) is 5.75 Å². The van der Waals surface area contributed by atoms with E-state index in [1.165, 1.54) is 36.0 Å². The van der Waals surface area contributed by atoms with Crippen molar-refractivity contribution >= 4 is 11.5 Å². The van der Waals surface area contributed by atoms with Gasteiger partial charge in [-0.1, -0.05) is 103 Å². The number of hydrogen-bond donors (Lipinski definition) is 1. The van der Waals surface area contributed by atoms with Gasteiger partial charge in [-0.05, 0) is 59.2 Å². The molecule has 4 heteroatoms. The second kappa shape index (κ2) is 11.8. The van der Waals surface area contributed by atoms with E-state index < -0.39 is 12.1 Å². The normalized spacial score (nSPS) is 19.0. The zero-order valence-electron chi connectivity index (χ0n) is 22.5. The Morgan fingerprint density at radius 1 is 0.750 bits per heavy atom. The molecule has 1 saturated carbocycles. The Kier molecular flexibility index (Phi) is 7.67. The van der Waals surface area contributed by atoms with E-state index in [0.717, 1.165) is 35.3 Å². The first-order chi connectivity index (χ1) is 19.6. The van der Waals surface area contributed by atoms with Crippen LogP contribution in [0.4, 0.5) is 0 Å². The molecule has 0 saturated heterocycles. The molecule has 1 aliphatic heterocycles. The number of ether oxygens (including phenoxy) is 2. The van der Waals surface area contributed by atoms with Crippen molar-refractivity contribution in [2.45, 2.75) is 50.7 Å². The van der Waals surface area contributed by atoms with Crippen molar-refractivity contribution in [1.29, 1.82) is 0 Å². The van der Waals surface area contributed by atoms with Gasteiger partial charge in [0.1, 0.15) is 17.6 Å². The first-order valence-corrected chi connectivity index (χ1v) is 14.2. The fourth-order valence-electron chi connectivity index (χ4n) is 6.05. The van der Waals surface area contributed by atoms with Gasteiger partial charge in [-0.2, -0.15) is 0 Å². The maximum atomic E-state index is 11.8. The van der Waals surface area contributed by atoms with Crippen LogP contribution >= 0.6 is 0 Å². The first-order valence-electron chi connectivity index (χ1n) is 14.2. The summed E-state index contributed by atoms with van der Waals surface area (Å²) in [5.41, 5.74) is 7.00. The van der Waals surface area contributed by atoms with Gasteiger partial charge in [-0.15, -0.1) is 0 Å². The Morgan fingerprint density at radius 3 is 1.98 bits per heavy atom. The summed E-state index contributed by atoms with van der Waals surface area (Å²) in [7, 11) is 0. The fourth-order valence-corrected chi connectivity index (χ4v) is 6.05. The second-order valence-electron chi connectivity index (χ2n) is 10.8. The molecule has 0 spiro atoms. The zero-order valence-corrected chi connectivity index (χ0v) is 22.5. The lowest BCUT2D eigenvalue weighted by molar-refractivity contribution is -0.145. The largest absolute Gasteiger partial charge is 0.493 e. The van der Waals surface area contributed by atoms with Gasteiger partial charge in [0.05, 0.1) is 0 Å². The molecule has 2 unspecified atom stereocenters. The van der Waals surface area contributed by atoms with Crippen molar-refractivity contribution in [3.8, 4) is 16.9 Å². The Bertz CT molecular complexity index is 1460. The topological polar surface area (TPSA) is 55.8 Å². The molecule has 202 valence electrons. The van der Waals surface area contributed by atoms with Crippen molar-refractivity contribution in [1.82, 2.24) is 0 Å². The molecule has 6 rings (SSSR count). The number of carboxylic acid groups (broad SMARTS) is 1. The number of allylic oxidation sites excluding steroid dienone is 1. The van der Waals surface area contributed by atoms with Gasteiger partial charge >= 0.3 is 5.97 Å². The van der Waals surface area contributed by atoms with Crippen LogP contribution in [-0.2, 0) is 22.4 Å². The lowest BCUT2D eigenvalue weighted by Gasteiger charge is -2.26. The maximum Gasteiger partial charge on any atom is 0.345 e. The monoisotopic (exact) mass is 530 g/mol. The van der Waals surface area contributed by atoms with E-state index in [2.05, 4.69) is 54.6 Å². The highest BCUT2D eigenvalue weighted by molar-refractivity contribution is 5.75. The molecule has 2 aliphatic rings. The number of carboxylic acids is 1. The number of hydrogen-bond acceptors (Lipinski definition) is 3. The van der Waals surface area contributed by atoms with Gasteiger partial charge in [-0.3, -0.25) is 0 Å². The molecule has 0 radical (unpaired) electrons. The number of benzene rings is 4. The highest BCUT2D eigenvalue weighted by atomic mass is 16.5. The third kappa shape index (κ3) is 5.81. The quantitative estimate of drug-likeness (QED) is 0.238. The molecule has 0 aromatic heterocycles. The Morgan fingerprint density at radius 2 is 1.32 bits per heavy atom. The highest BCUT2D eigenvalue weighted by Crippen LogP contribution is 2.46. The molecule has 40 heavy (non-hydrogen) atoms. The van der Waals surface area contributed by atoms with Crippen molar-refractivity contribution in [2.75, 3.05) is 0 Å². The predicted molar refractivity (Wildman–Crippen MR) is 158 cm³/mol. The standard InChI is InChI=1S/C36H34O4/c37-36(38)34(24-26-11-5-2-6-12-26)39-30-21-19-28(20-22-30)27-15-17-29(18-16-27)35-31-13-7-8-14-32(31)40-33(35)23-25-9-3-1-4-10-25/h1-6,9-12,15-22,31-32,34H,7-8,13-14,23-24H2,(H,37,38)/t31?,32-,34?/m0/s1. The second-order valence-corrected chi connectivity index (χ2v) is 10.8. The fraction of sp³-hybridized carbons (Fsp3) is 0.250. The van der Waals surface area contributed by atoms with Crippen LogP contribution in [0.25, 0.3) is 16.7 Å². The molecule has 3 atom stereocenters. The van der Waals surface area contributed by atoms with Crippen LogP contribution in [0.1, 0.15) is 42.4 Å². The minimum Gasteiger partial charge on any atom is -0.493 e. The van der Waals surface area contributed by atoms with Gasteiger partial charge in [0, 0.05) is 24.3 Å². The summed E-state index contributed by atoms with van der Waals surface area (Å²) in [4.78, 5) is 11.8. The summed E-state index contributed by atoms with van der Waals surface area (Å²) in [5, 5.41) is 9.68. The Balaban J connectivity index is 1.19. The van der Waals surface area contributed by atoms with Crippen LogP contribution in [0.3, 0.4) is 0 Å². The van der Waals surface area contributed by atoms with E-state index in [4.69, 9.17) is 9.47 Å². The van der Waals surface area contributed by atoms with Crippen LogP contribution < -0.4 is 4.74 Å².